The first-order chi connectivity index (χ1) is 15.5. The summed E-state index contributed by atoms with van der Waals surface area (Å²) in [5.41, 5.74) is 5.84. The highest BCUT2D eigenvalue weighted by Crippen LogP contribution is 2.25. The van der Waals surface area contributed by atoms with Gasteiger partial charge in [-0.1, -0.05) is 72.8 Å². The van der Waals surface area contributed by atoms with E-state index >= 15 is 0 Å². The first-order valence-corrected chi connectivity index (χ1v) is 10.4. The van der Waals surface area contributed by atoms with E-state index in [-0.39, 0.29) is 11.5 Å². The summed E-state index contributed by atoms with van der Waals surface area (Å²) in [5.74, 6) is 0.282. The summed E-state index contributed by atoms with van der Waals surface area (Å²) in [6, 6.07) is 30.2. The molecule has 4 heteroatoms. The fourth-order valence-corrected chi connectivity index (χ4v) is 3.51. The number of phenolic OH excluding ortho intramolecular Hbond substituents is 2. The molecule has 158 valence electrons. The molecule has 0 fully saturated rings. The summed E-state index contributed by atoms with van der Waals surface area (Å²) in [7, 11) is 0. The predicted octanol–water partition coefficient (Wildman–Crippen LogP) is 6.00. The van der Waals surface area contributed by atoms with Crippen LogP contribution in [0, 0.1) is 13.8 Å². The topological polar surface area (TPSA) is 65.2 Å². The minimum absolute atomic E-state index is 0.141. The van der Waals surface area contributed by atoms with E-state index in [2.05, 4.69) is 10.2 Å². The van der Waals surface area contributed by atoms with Crippen LogP contribution in [-0.4, -0.2) is 21.6 Å². The first-order valence-electron chi connectivity index (χ1n) is 10.4. The lowest BCUT2D eigenvalue weighted by Gasteiger charge is -2.11. The molecule has 32 heavy (non-hydrogen) atoms. The fourth-order valence-electron chi connectivity index (χ4n) is 3.51. The van der Waals surface area contributed by atoms with Gasteiger partial charge in [-0.25, -0.2) is 0 Å². The molecule has 0 aliphatic heterocycles. The van der Waals surface area contributed by atoms with Crippen LogP contribution in [0.4, 0.5) is 0 Å². The van der Waals surface area contributed by atoms with Gasteiger partial charge in [0.25, 0.3) is 0 Å². The van der Waals surface area contributed by atoms with E-state index in [9.17, 15) is 10.2 Å². The van der Waals surface area contributed by atoms with Crippen LogP contribution in [0.25, 0.3) is 0 Å². The van der Waals surface area contributed by atoms with Gasteiger partial charge in [0.15, 0.2) is 0 Å². The van der Waals surface area contributed by atoms with E-state index < -0.39 is 0 Å². The number of aromatic hydroxyl groups is 2. The van der Waals surface area contributed by atoms with Gasteiger partial charge in [-0.3, -0.25) is 0 Å². The number of hydrogen-bond acceptors (Lipinski definition) is 4. The summed E-state index contributed by atoms with van der Waals surface area (Å²) in [6.45, 7) is 3.85. The lowest BCUT2D eigenvalue weighted by molar-refractivity contribution is 0.473. The number of rotatable bonds is 5. The molecular formula is C28H24N2O2. The van der Waals surface area contributed by atoms with Crippen LogP contribution in [0.3, 0.4) is 0 Å². The highest BCUT2D eigenvalue weighted by atomic mass is 16.3. The number of aryl methyl sites for hydroxylation is 2. The van der Waals surface area contributed by atoms with Crippen LogP contribution in [0.2, 0.25) is 0 Å². The van der Waals surface area contributed by atoms with Gasteiger partial charge >= 0.3 is 0 Å². The fraction of sp³-hybridized carbons (Fsp3) is 0.0714. The molecule has 4 nitrogen and oxygen atoms in total. The molecule has 0 saturated carbocycles. The largest absolute Gasteiger partial charge is 0.507 e. The molecule has 0 heterocycles. The van der Waals surface area contributed by atoms with E-state index in [1.165, 1.54) is 0 Å². The van der Waals surface area contributed by atoms with Crippen LogP contribution < -0.4 is 0 Å². The Morgan fingerprint density at radius 2 is 0.906 bits per heavy atom. The predicted molar refractivity (Wildman–Crippen MR) is 130 cm³/mol. The SMILES string of the molecule is Cc1ccc(/C(=N\N=C(\c2ccccc2)c2ccc(C)cc2O)c2ccccc2)c(O)c1. The molecule has 0 bridgehead atoms. The molecule has 0 aliphatic carbocycles. The van der Waals surface area contributed by atoms with E-state index in [0.717, 1.165) is 22.3 Å². The lowest BCUT2D eigenvalue weighted by atomic mass is 10.00. The quantitative estimate of drug-likeness (QED) is 0.307. The van der Waals surface area contributed by atoms with Crippen molar-refractivity contribution in [3.8, 4) is 11.5 Å². The zero-order chi connectivity index (χ0) is 22.5. The molecule has 0 aliphatic rings. The molecule has 0 radical (unpaired) electrons. The Morgan fingerprint density at radius 3 is 1.25 bits per heavy atom. The zero-order valence-corrected chi connectivity index (χ0v) is 18.0. The van der Waals surface area contributed by atoms with Crippen LogP contribution in [0.15, 0.2) is 107 Å². The summed E-state index contributed by atoms with van der Waals surface area (Å²) in [5, 5.41) is 30.5. The third kappa shape index (κ3) is 4.60. The van der Waals surface area contributed by atoms with Crippen LogP contribution in [0.1, 0.15) is 33.4 Å². The standard InChI is InChI=1S/C28H24N2O2/c1-19-13-15-23(25(31)17-19)27(21-9-5-3-6-10-21)29-30-28(22-11-7-4-8-12-22)24-16-14-20(2)18-26(24)32/h3-18,31-32H,1-2H3/b29-27-,30-28-. The second kappa shape index (κ2) is 9.31. The van der Waals surface area contributed by atoms with Crippen molar-refractivity contribution in [3.05, 3.63) is 130 Å². The van der Waals surface area contributed by atoms with E-state index in [1.807, 2.05) is 98.8 Å². The third-order valence-electron chi connectivity index (χ3n) is 5.16. The summed E-state index contributed by atoms with van der Waals surface area (Å²) in [4.78, 5) is 0. The Kier molecular flexibility index (Phi) is 6.13. The normalized spacial score (nSPS) is 12.1. The van der Waals surface area contributed by atoms with Gasteiger partial charge in [-0.15, -0.1) is 10.2 Å². The molecule has 0 unspecified atom stereocenters. The average molecular weight is 421 g/mol. The van der Waals surface area contributed by atoms with E-state index in [4.69, 9.17) is 0 Å². The minimum Gasteiger partial charge on any atom is -0.507 e. The van der Waals surface area contributed by atoms with Crippen molar-refractivity contribution in [2.75, 3.05) is 0 Å². The number of nitrogens with zero attached hydrogens (tertiary/aromatic N) is 2. The van der Waals surface area contributed by atoms with Gasteiger partial charge in [0.1, 0.15) is 22.9 Å². The van der Waals surface area contributed by atoms with Gasteiger partial charge in [0, 0.05) is 22.3 Å². The Hall–Kier alpha value is -4.18. The van der Waals surface area contributed by atoms with Crippen molar-refractivity contribution in [2.24, 2.45) is 10.2 Å². The Morgan fingerprint density at radius 1 is 0.531 bits per heavy atom. The molecule has 0 atom stereocenters. The van der Waals surface area contributed by atoms with Crippen LogP contribution in [0.5, 0.6) is 11.5 Å². The van der Waals surface area contributed by atoms with Crippen LogP contribution >= 0.6 is 0 Å². The van der Waals surface area contributed by atoms with Gasteiger partial charge < -0.3 is 10.2 Å². The molecule has 0 amide bonds. The highest BCUT2D eigenvalue weighted by molar-refractivity contribution is 6.17. The average Bonchev–Trinajstić information content (AvgIpc) is 2.80. The minimum atomic E-state index is 0.141. The third-order valence-corrected chi connectivity index (χ3v) is 5.16. The summed E-state index contributed by atoms with van der Waals surface area (Å²) < 4.78 is 0. The van der Waals surface area contributed by atoms with Gasteiger partial charge in [0.2, 0.25) is 0 Å². The highest BCUT2D eigenvalue weighted by Gasteiger charge is 2.15. The van der Waals surface area contributed by atoms with Crippen molar-refractivity contribution in [2.45, 2.75) is 13.8 Å². The molecule has 0 spiro atoms. The Balaban J connectivity index is 1.94. The molecule has 4 aromatic rings. The van der Waals surface area contributed by atoms with Crippen molar-refractivity contribution in [1.82, 2.24) is 0 Å². The number of benzene rings is 4. The first kappa shape index (κ1) is 21.1. The molecule has 4 rings (SSSR count). The smallest absolute Gasteiger partial charge is 0.125 e. The monoisotopic (exact) mass is 420 g/mol. The van der Waals surface area contributed by atoms with Crippen molar-refractivity contribution in [1.29, 1.82) is 0 Å². The van der Waals surface area contributed by atoms with Crippen molar-refractivity contribution in [3.63, 3.8) is 0 Å². The molecule has 4 aromatic carbocycles. The maximum Gasteiger partial charge on any atom is 0.125 e. The zero-order valence-electron chi connectivity index (χ0n) is 18.0. The Bertz CT molecular complexity index is 1190. The lowest BCUT2D eigenvalue weighted by Crippen LogP contribution is -2.07. The van der Waals surface area contributed by atoms with E-state index in [1.54, 1.807) is 12.1 Å². The molecule has 2 N–H and O–H groups in total. The van der Waals surface area contributed by atoms with Crippen molar-refractivity contribution >= 4 is 11.4 Å². The molecule has 0 aromatic heterocycles. The van der Waals surface area contributed by atoms with Gasteiger partial charge in [-0.05, 0) is 49.2 Å². The number of phenols is 2. The van der Waals surface area contributed by atoms with Gasteiger partial charge in [-0.2, -0.15) is 0 Å². The number of hydrogen-bond donors (Lipinski definition) is 2. The molecule has 0 saturated heterocycles. The Labute approximate surface area is 187 Å². The summed E-state index contributed by atoms with van der Waals surface area (Å²) in [6.07, 6.45) is 0. The van der Waals surface area contributed by atoms with Crippen molar-refractivity contribution < 1.29 is 10.2 Å². The van der Waals surface area contributed by atoms with Gasteiger partial charge in [0.05, 0.1) is 0 Å². The van der Waals surface area contributed by atoms with E-state index in [0.29, 0.717) is 22.6 Å². The van der Waals surface area contributed by atoms with Crippen LogP contribution in [-0.2, 0) is 0 Å². The maximum absolute atomic E-state index is 10.6. The second-order valence-corrected chi connectivity index (χ2v) is 7.67. The summed E-state index contributed by atoms with van der Waals surface area (Å²) >= 11 is 0. The maximum atomic E-state index is 10.6. The second-order valence-electron chi connectivity index (χ2n) is 7.67. The molecular weight excluding hydrogens is 396 g/mol.